The molecule has 0 bridgehead atoms. The van der Waals surface area contributed by atoms with E-state index in [9.17, 15) is 9.18 Å². The SMILES string of the molecule is COc1ccc(OC)c(CCC(=O)N(Cc2cccs2)c2ccc(F)cc2)c1. The fourth-order valence-electron chi connectivity index (χ4n) is 2.96. The summed E-state index contributed by atoms with van der Waals surface area (Å²) in [7, 11) is 3.21. The van der Waals surface area contributed by atoms with Gasteiger partial charge in [0.1, 0.15) is 17.3 Å². The molecule has 0 unspecified atom stereocenters. The third kappa shape index (κ3) is 4.89. The van der Waals surface area contributed by atoms with Crippen LogP contribution in [0, 0.1) is 5.82 Å². The minimum Gasteiger partial charge on any atom is -0.497 e. The van der Waals surface area contributed by atoms with E-state index in [1.54, 1.807) is 42.6 Å². The highest BCUT2D eigenvalue weighted by atomic mass is 32.1. The quantitative estimate of drug-likeness (QED) is 0.531. The number of carbonyl (C=O) groups excluding carboxylic acids is 1. The molecule has 3 aromatic rings. The van der Waals surface area contributed by atoms with E-state index in [1.807, 2.05) is 35.7 Å². The molecule has 6 heteroatoms. The molecule has 0 N–H and O–H groups in total. The van der Waals surface area contributed by atoms with Crippen LogP contribution >= 0.6 is 11.3 Å². The lowest BCUT2D eigenvalue weighted by Gasteiger charge is -2.23. The minimum absolute atomic E-state index is 0.0371. The van der Waals surface area contributed by atoms with E-state index in [4.69, 9.17) is 9.47 Å². The van der Waals surface area contributed by atoms with Crippen LogP contribution in [0.4, 0.5) is 10.1 Å². The number of hydrogen-bond donors (Lipinski definition) is 0. The molecule has 28 heavy (non-hydrogen) atoms. The summed E-state index contributed by atoms with van der Waals surface area (Å²) in [6, 6.07) is 15.5. The van der Waals surface area contributed by atoms with Gasteiger partial charge in [0, 0.05) is 17.0 Å². The lowest BCUT2D eigenvalue weighted by atomic mass is 10.1. The molecule has 0 aliphatic rings. The van der Waals surface area contributed by atoms with Crippen LogP contribution in [0.25, 0.3) is 0 Å². The maximum Gasteiger partial charge on any atom is 0.227 e. The van der Waals surface area contributed by atoms with E-state index in [1.165, 1.54) is 12.1 Å². The second-order valence-corrected chi connectivity index (χ2v) is 7.25. The van der Waals surface area contributed by atoms with Gasteiger partial charge in [0.15, 0.2) is 0 Å². The van der Waals surface area contributed by atoms with E-state index in [0.29, 0.717) is 25.1 Å². The zero-order chi connectivity index (χ0) is 19.9. The lowest BCUT2D eigenvalue weighted by Crippen LogP contribution is -2.30. The molecule has 0 radical (unpaired) electrons. The smallest absolute Gasteiger partial charge is 0.227 e. The number of anilines is 1. The Kier molecular flexibility index (Phi) is 6.66. The number of thiophene rings is 1. The molecule has 0 saturated heterocycles. The van der Waals surface area contributed by atoms with Gasteiger partial charge in [-0.05, 0) is 65.9 Å². The first-order valence-corrected chi connectivity index (χ1v) is 9.78. The van der Waals surface area contributed by atoms with Gasteiger partial charge in [0.2, 0.25) is 5.91 Å². The molecule has 0 fully saturated rings. The first-order valence-electron chi connectivity index (χ1n) is 8.90. The molecule has 2 aromatic carbocycles. The number of methoxy groups -OCH3 is 2. The van der Waals surface area contributed by atoms with Crippen LogP contribution in [0.1, 0.15) is 16.9 Å². The van der Waals surface area contributed by atoms with Crippen molar-refractivity contribution in [3.8, 4) is 11.5 Å². The van der Waals surface area contributed by atoms with Gasteiger partial charge < -0.3 is 14.4 Å². The summed E-state index contributed by atoms with van der Waals surface area (Å²) in [5.74, 6) is 1.08. The first-order chi connectivity index (χ1) is 13.6. The van der Waals surface area contributed by atoms with Gasteiger partial charge in [0.05, 0.1) is 20.8 Å². The summed E-state index contributed by atoms with van der Waals surface area (Å²) in [4.78, 5) is 15.8. The summed E-state index contributed by atoms with van der Waals surface area (Å²) in [6.07, 6.45) is 0.813. The third-order valence-electron chi connectivity index (χ3n) is 4.43. The highest BCUT2D eigenvalue weighted by molar-refractivity contribution is 7.09. The molecule has 1 heterocycles. The molecule has 0 saturated carbocycles. The Hall–Kier alpha value is -2.86. The zero-order valence-electron chi connectivity index (χ0n) is 15.9. The van der Waals surface area contributed by atoms with Crippen LogP contribution in [0.5, 0.6) is 11.5 Å². The summed E-state index contributed by atoms with van der Waals surface area (Å²) in [5, 5.41) is 1.98. The molecule has 146 valence electrons. The number of benzene rings is 2. The predicted octanol–water partition coefficient (Wildman–Crippen LogP) is 5.07. The van der Waals surface area contributed by atoms with Crippen LogP contribution in [0.2, 0.25) is 0 Å². The van der Waals surface area contributed by atoms with Crippen molar-refractivity contribution in [2.45, 2.75) is 19.4 Å². The standard InChI is InChI=1S/C22H22FNO3S/c1-26-19-10-11-21(27-2)16(14-19)5-12-22(25)24(15-20-4-3-13-28-20)18-8-6-17(23)7-9-18/h3-4,6-11,13-14H,5,12,15H2,1-2H3. The molecule has 0 aliphatic heterocycles. The monoisotopic (exact) mass is 399 g/mol. The van der Waals surface area contributed by atoms with Crippen LogP contribution in [-0.4, -0.2) is 20.1 Å². The van der Waals surface area contributed by atoms with Crippen molar-refractivity contribution in [2.24, 2.45) is 0 Å². The van der Waals surface area contributed by atoms with Crippen molar-refractivity contribution in [3.05, 3.63) is 76.2 Å². The number of halogens is 1. The molecule has 0 spiro atoms. The van der Waals surface area contributed by atoms with Crippen molar-refractivity contribution in [1.29, 1.82) is 0 Å². The molecule has 0 aliphatic carbocycles. The minimum atomic E-state index is -0.326. The topological polar surface area (TPSA) is 38.8 Å². The Bertz CT molecular complexity index is 910. The average molecular weight is 399 g/mol. The van der Waals surface area contributed by atoms with E-state index in [2.05, 4.69) is 0 Å². The Balaban J connectivity index is 1.78. The number of aryl methyl sites for hydroxylation is 1. The van der Waals surface area contributed by atoms with E-state index in [-0.39, 0.29) is 11.7 Å². The van der Waals surface area contributed by atoms with Crippen molar-refractivity contribution >= 4 is 22.9 Å². The second-order valence-electron chi connectivity index (χ2n) is 6.21. The summed E-state index contributed by atoms with van der Waals surface area (Å²) in [5.41, 5.74) is 1.59. The number of hydrogen-bond acceptors (Lipinski definition) is 4. The fraction of sp³-hybridized carbons (Fsp3) is 0.227. The lowest BCUT2D eigenvalue weighted by molar-refractivity contribution is -0.118. The van der Waals surface area contributed by atoms with Gasteiger partial charge in [-0.1, -0.05) is 6.07 Å². The predicted molar refractivity (Wildman–Crippen MR) is 110 cm³/mol. The second kappa shape index (κ2) is 9.37. The summed E-state index contributed by atoms with van der Waals surface area (Å²) >= 11 is 1.59. The highest BCUT2D eigenvalue weighted by Crippen LogP contribution is 2.26. The molecule has 1 aromatic heterocycles. The van der Waals surface area contributed by atoms with Crippen LogP contribution in [0.15, 0.2) is 60.0 Å². The van der Waals surface area contributed by atoms with Gasteiger partial charge in [-0.2, -0.15) is 0 Å². The zero-order valence-corrected chi connectivity index (χ0v) is 16.7. The van der Waals surface area contributed by atoms with Crippen molar-refractivity contribution in [2.75, 3.05) is 19.1 Å². The normalized spacial score (nSPS) is 10.5. The van der Waals surface area contributed by atoms with Crippen molar-refractivity contribution in [3.63, 3.8) is 0 Å². The Morgan fingerprint density at radius 2 is 1.86 bits per heavy atom. The van der Waals surface area contributed by atoms with Gasteiger partial charge in [-0.15, -0.1) is 11.3 Å². The maximum absolute atomic E-state index is 13.3. The van der Waals surface area contributed by atoms with Crippen LogP contribution < -0.4 is 14.4 Å². The van der Waals surface area contributed by atoms with Crippen molar-refractivity contribution < 1.29 is 18.7 Å². The van der Waals surface area contributed by atoms with Crippen molar-refractivity contribution in [1.82, 2.24) is 0 Å². The third-order valence-corrected chi connectivity index (χ3v) is 5.29. The highest BCUT2D eigenvalue weighted by Gasteiger charge is 2.18. The van der Waals surface area contributed by atoms with Crippen LogP contribution in [0.3, 0.4) is 0 Å². The number of carbonyl (C=O) groups is 1. The van der Waals surface area contributed by atoms with Crippen LogP contribution in [-0.2, 0) is 17.8 Å². The number of ether oxygens (including phenoxy) is 2. The number of rotatable bonds is 8. The van der Waals surface area contributed by atoms with Gasteiger partial charge in [-0.3, -0.25) is 4.79 Å². The van der Waals surface area contributed by atoms with E-state index in [0.717, 1.165) is 21.9 Å². The Morgan fingerprint density at radius 3 is 2.50 bits per heavy atom. The Morgan fingerprint density at radius 1 is 1.07 bits per heavy atom. The molecule has 4 nitrogen and oxygen atoms in total. The van der Waals surface area contributed by atoms with E-state index >= 15 is 0 Å². The largest absolute Gasteiger partial charge is 0.497 e. The Labute approximate surface area is 168 Å². The van der Waals surface area contributed by atoms with Gasteiger partial charge >= 0.3 is 0 Å². The molecule has 1 amide bonds. The maximum atomic E-state index is 13.3. The fourth-order valence-corrected chi connectivity index (χ4v) is 3.65. The average Bonchev–Trinajstić information content (AvgIpc) is 3.24. The van der Waals surface area contributed by atoms with Gasteiger partial charge in [0.25, 0.3) is 0 Å². The molecular formula is C22H22FNO3S. The molecule has 3 rings (SSSR count). The number of amides is 1. The first kappa shape index (κ1) is 19.9. The molecule has 0 atom stereocenters. The summed E-state index contributed by atoms with van der Waals surface area (Å²) < 4.78 is 24.0. The van der Waals surface area contributed by atoms with E-state index < -0.39 is 0 Å². The number of nitrogens with zero attached hydrogens (tertiary/aromatic N) is 1. The summed E-state index contributed by atoms with van der Waals surface area (Å²) in [6.45, 7) is 0.456. The van der Waals surface area contributed by atoms with Gasteiger partial charge in [-0.25, -0.2) is 4.39 Å². The molecular weight excluding hydrogens is 377 g/mol.